The maximum Gasteiger partial charge on any atom is 0.386 e. The number of hydrogen-bond acceptors (Lipinski definition) is 8. The van der Waals surface area contributed by atoms with Crippen molar-refractivity contribution >= 4 is 5.82 Å². The van der Waals surface area contributed by atoms with Crippen molar-refractivity contribution in [3.63, 3.8) is 0 Å². The zero-order valence-electron chi connectivity index (χ0n) is 16.5. The first-order valence-electron chi connectivity index (χ1n) is 9.48. The van der Waals surface area contributed by atoms with E-state index < -0.39 is 4.92 Å². The number of aromatic nitrogens is 4. The first kappa shape index (κ1) is 19.2. The standard InChI is InChI=1S/C19H23N7O3/c1-14-3-5-15(6-4-14)18-21-17(29-22-18)12-25-9-7-24(8-10-25)11-16-19(26(27)28)20-13-23(16)2/h3-6,13H,7-12H2,1-2H3. The Labute approximate surface area is 167 Å². The fourth-order valence-corrected chi connectivity index (χ4v) is 3.43. The molecule has 10 heteroatoms. The number of nitrogens with zero attached hydrogens (tertiary/aromatic N) is 7. The molecule has 0 aliphatic carbocycles. The van der Waals surface area contributed by atoms with Crippen molar-refractivity contribution in [1.82, 2.24) is 29.5 Å². The lowest BCUT2D eigenvalue weighted by Gasteiger charge is -2.33. The minimum Gasteiger partial charge on any atom is -0.358 e. The maximum absolute atomic E-state index is 11.1. The summed E-state index contributed by atoms with van der Waals surface area (Å²) in [5.41, 5.74) is 2.75. The second-order valence-corrected chi connectivity index (χ2v) is 7.31. The fourth-order valence-electron chi connectivity index (χ4n) is 3.43. The Kier molecular flexibility index (Phi) is 5.36. The van der Waals surface area contributed by atoms with Gasteiger partial charge in [0.25, 0.3) is 0 Å². The molecule has 0 radical (unpaired) electrons. The molecule has 152 valence electrons. The van der Waals surface area contributed by atoms with Gasteiger partial charge in [-0.2, -0.15) is 4.98 Å². The van der Waals surface area contributed by atoms with Gasteiger partial charge in [0.1, 0.15) is 5.69 Å². The summed E-state index contributed by atoms with van der Waals surface area (Å²) < 4.78 is 7.14. The molecule has 29 heavy (non-hydrogen) atoms. The molecule has 0 amide bonds. The SMILES string of the molecule is Cc1ccc(-c2noc(CN3CCN(Cc4c([N+](=O)[O-])ncn4C)CC3)n2)cc1. The Balaban J connectivity index is 1.32. The fraction of sp³-hybridized carbons (Fsp3) is 0.421. The topological polar surface area (TPSA) is 106 Å². The van der Waals surface area contributed by atoms with Gasteiger partial charge in [0, 0.05) is 45.3 Å². The molecule has 4 rings (SSSR count). The molecule has 1 aliphatic heterocycles. The number of piperazine rings is 1. The van der Waals surface area contributed by atoms with Crippen LogP contribution in [-0.2, 0) is 20.1 Å². The van der Waals surface area contributed by atoms with E-state index in [1.165, 1.54) is 11.9 Å². The Morgan fingerprint density at radius 2 is 1.76 bits per heavy atom. The lowest BCUT2D eigenvalue weighted by atomic mass is 10.1. The van der Waals surface area contributed by atoms with Crippen molar-refractivity contribution in [3.05, 3.63) is 57.9 Å². The third kappa shape index (κ3) is 4.33. The highest BCUT2D eigenvalue weighted by Crippen LogP contribution is 2.20. The number of hydrogen-bond donors (Lipinski definition) is 0. The number of nitro groups is 1. The smallest absolute Gasteiger partial charge is 0.358 e. The minimum absolute atomic E-state index is 0.0653. The predicted molar refractivity (Wildman–Crippen MR) is 105 cm³/mol. The third-order valence-electron chi connectivity index (χ3n) is 5.19. The van der Waals surface area contributed by atoms with Crippen LogP contribution in [0.3, 0.4) is 0 Å². The zero-order valence-corrected chi connectivity index (χ0v) is 16.5. The van der Waals surface area contributed by atoms with Gasteiger partial charge in [-0.15, -0.1) is 0 Å². The van der Waals surface area contributed by atoms with Gasteiger partial charge < -0.3 is 19.2 Å². The van der Waals surface area contributed by atoms with Gasteiger partial charge in [-0.1, -0.05) is 35.0 Å². The molecule has 2 aromatic heterocycles. The van der Waals surface area contributed by atoms with E-state index in [1.807, 2.05) is 31.2 Å². The summed E-state index contributed by atoms with van der Waals surface area (Å²) in [6.45, 7) is 6.42. The summed E-state index contributed by atoms with van der Waals surface area (Å²) in [7, 11) is 1.78. The monoisotopic (exact) mass is 397 g/mol. The number of imidazole rings is 1. The first-order chi connectivity index (χ1) is 14.0. The average Bonchev–Trinajstić information content (AvgIpc) is 3.31. The molecule has 3 heterocycles. The molecule has 10 nitrogen and oxygen atoms in total. The Morgan fingerprint density at radius 1 is 1.10 bits per heavy atom. The van der Waals surface area contributed by atoms with Crippen molar-refractivity contribution < 1.29 is 9.45 Å². The Morgan fingerprint density at radius 3 is 2.41 bits per heavy atom. The van der Waals surface area contributed by atoms with Crippen molar-refractivity contribution in [3.8, 4) is 11.4 Å². The van der Waals surface area contributed by atoms with Crippen molar-refractivity contribution in [2.75, 3.05) is 26.2 Å². The molecule has 0 saturated carbocycles. The molecular formula is C19H23N7O3. The second kappa shape index (κ2) is 8.10. The number of rotatable bonds is 6. The van der Waals surface area contributed by atoms with Crippen LogP contribution in [0.4, 0.5) is 5.82 Å². The lowest BCUT2D eigenvalue weighted by molar-refractivity contribution is -0.390. The van der Waals surface area contributed by atoms with E-state index in [-0.39, 0.29) is 5.82 Å². The van der Waals surface area contributed by atoms with Crippen LogP contribution in [0, 0.1) is 17.0 Å². The molecule has 1 aliphatic rings. The van der Waals surface area contributed by atoms with Crippen LogP contribution in [-0.4, -0.2) is 60.6 Å². The summed E-state index contributed by atoms with van der Waals surface area (Å²) in [4.78, 5) is 23.5. The summed E-state index contributed by atoms with van der Waals surface area (Å²) in [6.07, 6.45) is 1.49. The van der Waals surface area contributed by atoms with Gasteiger partial charge in [-0.25, -0.2) is 0 Å². The first-order valence-corrected chi connectivity index (χ1v) is 9.48. The highest BCUT2D eigenvalue weighted by Gasteiger charge is 2.25. The van der Waals surface area contributed by atoms with Crippen LogP contribution in [0.25, 0.3) is 11.4 Å². The molecule has 1 aromatic carbocycles. The van der Waals surface area contributed by atoms with Gasteiger partial charge in [0.2, 0.25) is 18.0 Å². The van der Waals surface area contributed by atoms with E-state index >= 15 is 0 Å². The van der Waals surface area contributed by atoms with E-state index in [1.54, 1.807) is 11.6 Å². The number of aryl methyl sites for hydroxylation is 2. The lowest BCUT2D eigenvalue weighted by Crippen LogP contribution is -2.45. The van der Waals surface area contributed by atoms with Crippen LogP contribution in [0.2, 0.25) is 0 Å². The predicted octanol–water partition coefficient (Wildman–Crippen LogP) is 2.00. The van der Waals surface area contributed by atoms with Gasteiger partial charge in [-0.3, -0.25) is 9.80 Å². The Bertz CT molecular complexity index is 988. The van der Waals surface area contributed by atoms with Crippen molar-refractivity contribution in [2.24, 2.45) is 7.05 Å². The molecule has 0 atom stereocenters. The average molecular weight is 397 g/mol. The van der Waals surface area contributed by atoms with Crippen LogP contribution in [0.1, 0.15) is 17.1 Å². The van der Waals surface area contributed by atoms with E-state index in [9.17, 15) is 10.1 Å². The van der Waals surface area contributed by atoms with Crippen molar-refractivity contribution in [1.29, 1.82) is 0 Å². The molecule has 0 unspecified atom stereocenters. The van der Waals surface area contributed by atoms with E-state index in [0.29, 0.717) is 30.5 Å². The molecular weight excluding hydrogens is 374 g/mol. The molecule has 0 N–H and O–H groups in total. The van der Waals surface area contributed by atoms with Crippen LogP contribution < -0.4 is 0 Å². The van der Waals surface area contributed by atoms with Crippen molar-refractivity contribution in [2.45, 2.75) is 20.0 Å². The largest absolute Gasteiger partial charge is 0.386 e. The summed E-state index contributed by atoms with van der Waals surface area (Å²) in [6, 6.07) is 8.02. The zero-order chi connectivity index (χ0) is 20.4. The molecule has 0 spiro atoms. The van der Waals surface area contributed by atoms with Gasteiger partial charge in [0.05, 0.1) is 6.54 Å². The highest BCUT2D eigenvalue weighted by molar-refractivity contribution is 5.54. The normalized spacial score (nSPS) is 15.7. The number of benzene rings is 1. The van der Waals surface area contributed by atoms with E-state index in [2.05, 4.69) is 24.9 Å². The molecule has 1 saturated heterocycles. The summed E-state index contributed by atoms with van der Waals surface area (Å²) >= 11 is 0. The summed E-state index contributed by atoms with van der Waals surface area (Å²) in [5.74, 6) is 1.13. The molecule has 3 aromatic rings. The quantitative estimate of drug-likeness (QED) is 0.459. The Hall–Kier alpha value is -3.11. The maximum atomic E-state index is 11.1. The van der Waals surface area contributed by atoms with Crippen LogP contribution in [0.15, 0.2) is 35.1 Å². The second-order valence-electron chi connectivity index (χ2n) is 7.31. The highest BCUT2D eigenvalue weighted by atomic mass is 16.6. The molecule has 1 fully saturated rings. The van der Waals surface area contributed by atoms with E-state index in [4.69, 9.17) is 4.52 Å². The van der Waals surface area contributed by atoms with Gasteiger partial charge in [-0.05, 0) is 16.8 Å². The minimum atomic E-state index is -0.424. The van der Waals surface area contributed by atoms with Crippen LogP contribution >= 0.6 is 0 Å². The van der Waals surface area contributed by atoms with Gasteiger partial charge in [0.15, 0.2) is 0 Å². The van der Waals surface area contributed by atoms with Crippen LogP contribution in [0.5, 0.6) is 0 Å². The molecule has 0 bridgehead atoms. The van der Waals surface area contributed by atoms with Gasteiger partial charge >= 0.3 is 5.82 Å². The van der Waals surface area contributed by atoms with E-state index in [0.717, 1.165) is 31.7 Å². The third-order valence-corrected chi connectivity index (χ3v) is 5.19. The summed E-state index contributed by atoms with van der Waals surface area (Å²) in [5, 5.41) is 15.2.